The third-order valence-electron chi connectivity index (χ3n) is 6.66. The second kappa shape index (κ2) is 11.9. The molecule has 41 heavy (non-hydrogen) atoms. The molecule has 0 unspecified atom stereocenters. The van der Waals surface area contributed by atoms with Crippen LogP contribution in [0, 0.1) is 0 Å². The molecule has 7 nitrogen and oxygen atoms in total. The standard InChI is InChI=1S/C32H33N5O2.C2H6/c1-31(2,3)23-11-9-21(10-12-23)30(38)35-26-8-6-7-22(19-26)27-20-37-18-17-33-29(37)28(36-27)34-25-15-13-24(14-16-25)32(4,5)39;1-2/h6-20,39H,1-5H3,(H,34,36)(H,35,38);1-2H3. The first-order valence-corrected chi connectivity index (χ1v) is 13.9. The second-order valence-corrected chi connectivity index (χ2v) is 11.3. The number of aliphatic hydroxyl groups is 1. The van der Waals surface area contributed by atoms with Crippen molar-refractivity contribution >= 4 is 28.7 Å². The molecule has 0 aliphatic heterocycles. The van der Waals surface area contributed by atoms with E-state index in [-0.39, 0.29) is 11.3 Å². The molecule has 3 aromatic carbocycles. The van der Waals surface area contributed by atoms with Crippen LogP contribution in [0.5, 0.6) is 0 Å². The first-order valence-electron chi connectivity index (χ1n) is 13.9. The maximum atomic E-state index is 12.9. The van der Waals surface area contributed by atoms with Crippen LogP contribution in [0.1, 0.15) is 70.0 Å². The minimum atomic E-state index is -0.913. The molecule has 2 aromatic heterocycles. The van der Waals surface area contributed by atoms with Gasteiger partial charge in [-0.3, -0.25) is 4.79 Å². The van der Waals surface area contributed by atoms with Crippen molar-refractivity contribution in [3.05, 3.63) is 108 Å². The maximum absolute atomic E-state index is 12.9. The molecule has 0 saturated carbocycles. The van der Waals surface area contributed by atoms with E-state index in [4.69, 9.17) is 4.98 Å². The van der Waals surface area contributed by atoms with Gasteiger partial charge in [0.05, 0.1) is 11.3 Å². The van der Waals surface area contributed by atoms with Gasteiger partial charge in [-0.25, -0.2) is 9.97 Å². The second-order valence-electron chi connectivity index (χ2n) is 11.3. The Morgan fingerprint density at radius 2 is 1.51 bits per heavy atom. The molecule has 2 heterocycles. The summed E-state index contributed by atoms with van der Waals surface area (Å²) in [4.78, 5) is 22.3. The molecule has 5 rings (SSSR count). The molecular formula is C34H39N5O2. The van der Waals surface area contributed by atoms with E-state index in [1.165, 1.54) is 5.56 Å². The lowest BCUT2D eigenvalue weighted by atomic mass is 9.87. The van der Waals surface area contributed by atoms with Crippen molar-refractivity contribution in [1.29, 1.82) is 0 Å². The Balaban J connectivity index is 0.00000189. The van der Waals surface area contributed by atoms with E-state index in [1.807, 2.05) is 103 Å². The van der Waals surface area contributed by atoms with Crippen LogP contribution in [0.4, 0.5) is 17.2 Å². The molecule has 0 bridgehead atoms. The van der Waals surface area contributed by atoms with Gasteiger partial charge in [0.15, 0.2) is 11.5 Å². The Labute approximate surface area is 242 Å². The molecule has 0 radical (unpaired) electrons. The van der Waals surface area contributed by atoms with Crippen LogP contribution in [0.25, 0.3) is 16.9 Å². The SMILES string of the molecule is CC.CC(C)(C)c1ccc(C(=O)Nc2cccc(-c3cn4ccnc4c(Nc4ccc(C(C)(C)O)cc4)n3)c2)cc1. The summed E-state index contributed by atoms with van der Waals surface area (Å²) < 4.78 is 1.91. The summed E-state index contributed by atoms with van der Waals surface area (Å²) in [5.74, 6) is 0.435. The van der Waals surface area contributed by atoms with Crippen LogP contribution in [0.15, 0.2) is 91.4 Å². The maximum Gasteiger partial charge on any atom is 0.255 e. The number of amides is 1. The van der Waals surface area contributed by atoms with Gasteiger partial charge in [-0.1, -0.05) is 71.0 Å². The van der Waals surface area contributed by atoms with Crippen molar-refractivity contribution in [2.75, 3.05) is 10.6 Å². The zero-order valence-corrected chi connectivity index (χ0v) is 24.9. The minimum Gasteiger partial charge on any atom is -0.386 e. The van der Waals surface area contributed by atoms with Crippen molar-refractivity contribution in [3.63, 3.8) is 0 Å². The quantitative estimate of drug-likeness (QED) is 0.200. The number of fused-ring (bicyclic) bond motifs is 1. The van der Waals surface area contributed by atoms with Crippen LogP contribution in [-0.2, 0) is 11.0 Å². The van der Waals surface area contributed by atoms with Crippen molar-refractivity contribution < 1.29 is 9.90 Å². The highest BCUT2D eigenvalue weighted by Gasteiger charge is 2.17. The summed E-state index contributed by atoms with van der Waals surface area (Å²) in [6, 6.07) is 23.0. The lowest BCUT2D eigenvalue weighted by molar-refractivity contribution is 0.0786. The highest BCUT2D eigenvalue weighted by molar-refractivity contribution is 6.04. The number of anilines is 3. The first kappa shape index (κ1) is 29.5. The molecule has 0 fully saturated rings. The number of imidazole rings is 1. The number of carbonyl (C=O) groups is 1. The highest BCUT2D eigenvalue weighted by atomic mass is 16.3. The predicted molar refractivity (Wildman–Crippen MR) is 168 cm³/mol. The monoisotopic (exact) mass is 549 g/mol. The predicted octanol–water partition coefficient (Wildman–Crippen LogP) is 7.94. The smallest absolute Gasteiger partial charge is 0.255 e. The summed E-state index contributed by atoms with van der Waals surface area (Å²) in [6.45, 7) is 14.0. The fraction of sp³-hybridized carbons (Fsp3) is 0.265. The average molecular weight is 550 g/mol. The molecular weight excluding hydrogens is 510 g/mol. The topological polar surface area (TPSA) is 91.6 Å². The van der Waals surface area contributed by atoms with Gasteiger partial charge in [0.2, 0.25) is 0 Å². The van der Waals surface area contributed by atoms with E-state index in [0.717, 1.165) is 22.5 Å². The van der Waals surface area contributed by atoms with E-state index in [0.29, 0.717) is 22.7 Å². The lowest BCUT2D eigenvalue weighted by Crippen LogP contribution is -2.15. The van der Waals surface area contributed by atoms with Gasteiger partial charge in [-0.05, 0) is 66.8 Å². The van der Waals surface area contributed by atoms with E-state index < -0.39 is 5.60 Å². The first-order chi connectivity index (χ1) is 19.5. The number of hydrogen-bond acceptors (Lipinski definition) is 5. The van der Waals surface area contributed by atoms with Gasteiger partial charge >= 0.3 is 0 Å². The molecule has 0 atom stereocenters. The largest absolute Gasteiger partial charge is 0.386 e. The molecule has 0 aliphatic carbocycles. The number of nitrogens with one attached hydrogen (secondary N) is 2. The third kappa shape index (κ3) is 6.99. The Morgan fingerprint density at radius 3 is 2.15 bits per heavy atom. The fourth-order valence-electron chi connectivity index (χ4n) is 4.33. The Morgan fingerprint density at radius 1 is 0.854 bits per heavy atom. The number of aromatic nitrogens is 3. The van der Waals surface area contributed by atoms with Gasteiger partial charge in [0.1, 0.15) is 0 Å². The Kier molecular flexibility index (Phi) is 8.59. The number of rotatable bonds is 6. The van der Waals surface area contributed by atoms with Gasteiger partial charge < -0.3 is 20.1 Å². The number of hydrogen-bond donors (Lipinski definition) is 3. The normalized spacial score (nSPS) is 11.5. The molecule has 3 N–H and O–H groups in total. The summed E-state index contributed by atoms with van der Waals surface area (Å²) in [5.41, 5.74) is 5.50. The Bertz CT molecular complexity index is 1620. The molecule has 0 aliphatic rings. The van der Waals surface area contributed by atoms with Crippen LogP contribution in [0.2, 0.25) is 0 Å². The third-order valence-corrected chi connectivity index (χ3v) is 6.66. The molecule has 0 saturated heterocycles. The number of nitrogens with zero attached hydrogens (tertiary/aromatic N) is 3. The molecule has 0 spiro atoms. The van der Waals surface area contributed by atoms with Crippen molar-refractivity contribution in [3.8, 4) is 11.3 Å². The molecule has 5 aromatic rings. The zero-order valence-electron chi connectivity index (χ0n) is 24.9. The van der Waals surface area contributed by atoms with E-state index in [9.17, 15) is 9.90 Å². The minimum absolute atomic E-state index is 0.0280. The summed E-state index contributed by atoms with van der Waals surface area (Å²) in [6.07, 6.45) is 5.51. The van der Waals surface area contributed by atoms with Crippen molar-refractivity contribution in [1.82, 2.24) is 14.4 Å². The summed E-state index contributed by atoms with van der Waals surface area (Å²) in [7, 11) is 0. The molecule has 212 valence electrons. The Hall–Kier alpha value is -4.49. The summed E-state index contributed by atoms with van der Waals surface area (Å²) in [5, 5.41) is 16.6. The van der Waals surface area contributed by atoms with Gasteiger partial charge in [-0.15, -0.1) is 0 Å². The number of carbonyl (C=O) groups excluding carboxylic acids is 1. The zero-order chi connectivity index (χ0) is 29.8. The summed E-state index contributed by atoms with van der Waals surface area (Å²) >= 11 is 0. The van der Waals surface area contributed by atoms with Crippen LogP contribution >= 0.6 is 0 Å². The molecule has 7 heteroatoms. The van der Waals surface area contributed by atoms with Crippen molar-refractivity contribution in [2.45, 2.75) is 59.5 Å². The lowest BCUT2D eigenvalue weighted by Gasteiger charge is -2.19. The average Bonchev–Trinajstić information content (AvgIpc) is 3.43. The van der Waals surface area contributed by atoms with Crippen LogP contribution < -0.4 is 10.6 Å². The van der Waals surface area contributed by atoms with Gasteiger partial charge in [-0.2, -0.15) is 0 Å². The highest BCUT2D eigenvalue weighted by Crippen LogP contribution is 2.28. The van der Waals surface area contributed by atoms with E-state index in [2.05, 4.69) is 36.4 Å². The molecule has 1 amide bonds. The van der Waals surface area contributed by atoms with Crippen LogP contribution in [-0.4, -0.2) is 25.4 Å². The van der Waals surface area contributed by atoms with E-state index >= 15 is 0 Å². The van der Waals surface area contributed by atoms with E-state index in [1.54, 1.807) is 20.0 Å². The van der Waals surface area contributed by atoms with Crippen molar-refractivity contribution in [2.24, 2.45) is 0 Å². The van der Waals surface area contributed by atoms with Gasteiger partial charge in [0.25, 0.3) is 5.91 Å². The number of benzene rings is 3. The van der Waals surface area contributed by atoms with Gasteiger partial charge in [0, 0.05) is 41.1 Å². The van der Waals surface area contributed by atoms with Crippen LogP contribution in [0.3, 0.4) is 0 Å². The fourth-order valence-corrected chi connectivity index (χ4v) is 4.33.